The van der Waals surface area contributed by atoms with E-state index < -0.39 is 0 Å². The Kier molecular flexibility index (Phi) is 4.19. The predicted molar refractivity (Wildman–Crippen MR) is 65.6 cm³/mol. The Hall–Kier alpha value is -0.980. The molecule has 0 aliphatic heterocycles. The quantitative estimate of drug-likeness (QED) is 0.791. The molecule has 0 heterocycles. The molecular weight excluding hydrogens is 184 g/mol. The van der Waals surface area contributed by atoms with Gasteiger partial charge in [-0.25, -0.2) is 0 Å². The van der Waals surface area contributed by atoms with Gasteiger partial charge in [0.25, 0.3) is 0 Å². The van der Waals surface area contributed by atoms with E-state index in [-0.39, 0.29) is 0 Å². The van der Waals surface area contributed by atoms with E-state index in [1.165, 1.54) is 17.5 Å². The van der Waals surface area contributed by atoms with E-state index in [9.17, 15) is 5.11 Å². The second-order valence-electron chi connectivity index (χ2n) is 4.30. The molecule has 0 aromatic heterocycles. The van der Waals surface area contributed by atoms with Crippen LogP contribution in [-0.4, -0.2) is 5.11 Å². The van der Waals surface area contributed by atoms with Gasteiger partial charge in [-0.05, 0) is 48.9 Å². The van der Waals surface area contributed by atoms with E-state index in [4.69, 9.17) is 0 Å². The molecule has 1 heteroatoms. The second kappa shape index (κ2) is 5.20. The Bertz CT molecular complexity index is 340. The lowest BCUT2D eigenvalue weighted by Crippen LogP contribution is -1.99. The summed E-state index contributed by atoms with van der Waals surface area (Å²) in [5.41, 5.74) is 4.88. The predicted octanol–water partition coefficient (Wildman–Crippen LogP) is 3.91. The largest absolute Gasteiger partial charge is 0.507 e. The first-order valence-corrected chi connectivity index (χ1v) is 5.92. The van der Waals surface area contributed by atoms with Crippen molar-refractivity contribution in [3.63, 3.8) is 0 Å². The maximum absolute atomic E-state index is 9.91. The van der Waals surface area contributed by atoms with E-state index in [1.54, 1.807) is 0 Å². The van der Waals surface area contributed by atoms with Crippen molar-refractivity contribution in [1.82, 2.24) is 0 Å². The summed E-state index contributed by atoms with van der Waals surface area (Å²) in [5.74, 6) is 0.485. The number of aromatic hydroxyl groups is 1. The first kappa shape index (κ1) is 12.1. The molecule has 0 atom stereocenters. The number of hydrogen-bond acceptors (Lipinski definition) is 1. The lowest BCUT2D eigenvalue weighted by atomic mass is 9.92. The van der Waals surface area contributed by atoms with Gasteiger partial charge in [0, 0.05) is 0 Å². The smallest absolute Gasteiger partial charge is 0.121 e. The van der Waals surface area contributed by atoms with Crippen LogP contribution >= 0.6 is 0 Å². The molecule has 1 N–H and O–H groups in total. The van der Waals surface area contributed by atoms with Gasteiger partial charge >= 0.3 is 0 Å². The fourth-order valence-electron chi connectivity index (χ4n) is 2.19. The van der Waals surface area contributed by atoms with Crippen LogP contribution in [0.15, 0.2) is 6.07 Å². The molecule has 0 fully saturated rings. The van der Waals surface area contributed by atoms with Gasteiger partial charge in [0.2, 0.25) is 0 Å². The molecule has 0 aliphatic rings. The van der Waals surface area contributed by atoms with Gasteiger partial charge in [-0.15, -0.1) is 0 Å². The average molecular weight is 206 g/mol. The van der Waals surface area contributed by atoms with E-state index in [0.29, 0.717) is 5.75 Å². The minimum Gasteiger partial charge on any atom is -0.507 e. The van der Waals surface area contributed by atoms with Gasteiger partial charge in [-0.3, -0.25) is 0 Å². The second-order valence-corrected chi connectivity index (χ2v) is 4.30. The van der Waals surface area contributed by atoms with Gasteiger partial charge in [-0.2, -0.15) is 0 Å². The maximum Gasteiger partial charge on any atom is 0.121 e. The van der Waals surface area contributed by atoms with Crippen molar-refractivity contribution in [2.24, 2.45) is 0 Å². The lowest BCUT2D eigenvalue weighted by molar-refractivity contribution is 0.465. The van der Waals surface area contributed by atoms with E-state index in [0.717, 1.165) is 30.4 Å². The third-order valence-corrected chi connectivity index (χ3v) is 2.98. The fraction of sp³-hybridized carbons (Fsp3) is 0.571. The Morgan fingerprint density at radius 2 is 1.67 bits per heavy atom. The minimum absolute atomic E-state index is 0.485. The Morgan fingerprint density at radius 3 is 2.20 bits per heavy atom. The highest BCUT2D eigenvalue weighted by atomic mass is 16.3. The van der Waals surface area contributed by atoms with E-state index >= 15 is 0 Å². The van der Waals surface area contributed by atoms with Crippen LogP contribution in [0.1, 0.15) is 48.9 Å². The number of phenols is 1. The van der Waals surface area contributed by atoms with Crippen LogP contribution in [-0.2, 0) is 12.8 Å². The van der Waals surface area contributed by atoms with Gasteiger partial charge in [0.15, 0.2) is 0 Å². The molecule has 1 nitrogen and oxygen atoms in total. The summed E-state index contributed by atoms with van der Waals surface area (Å²) in [4.78, 5) is 0. The number of aryl methyl sites for hydroxylation is 2. The summed E-state index contributed by atoms with van der Waals surface area (Å²) >= 11 is 0. The lowest BCUT2D eigenvalue weighted by Gasteiger charge is -2.15. The van der Waals surface area contributed by atoms with E-state index in [1.807, 2.05) is 13.8 Å². The van der Waals surface area contributed by atoms with Crippen LogP contribution in [0.25, 0.3) is 0 Å². The molecule has 0 unspecified atom stereocenters. The normalized spacial score (nSPS) is 10.7. The molecule has 0 saturated carbocycles. The molecular formula is C14H22O. The summed E-state index contributed by atoms with van der Waals surface area (Å²) in [7, 11) is 0. The molecule has 1 rings (SSSR count). The zero-order valence-corrected chi connectivity index (χ0v) is 10.4. The first-order valence-electron chi connectivity index (χ1n) is 5.92. The third-order valence-electron chi connectivity index (χ3n) is 2.98. The fourth-order valence-corrected chi connectivity index (χ4v) is 2.19. The van der Waals surface area contributed by atoms with Gasteiger partial charge < -0.3 is 5.11 Å². The number of hydrogen-bond donors (Lipinski definition) is 1. The van der Waals surface area contributed by atoms with Crippen LogP contribution in [0.4, 0.5) is 0 Å². The monoisotopic (exact) mass is 206 g/mol. The Labute approximate surface area is 93.1 Å². The molecule has 15 heavy (non-hydrogen) atoms. The van der Waals surface area contributed by atoms with Crippen LogP contribution in [0.2, 0.25) is 0 Å². The van der Waals surface area contributed by atoms with Crippen LogP contribution in [0.3, 0.4) is 0 Å². The van der Waals surface area contributed by atoms with Crippen molar-refractivity contribution in [3.8, 4) is 5.75 Å². The molecule has 1 aromatic rings. The van der Waals surface area contributed by atoms with Crippen molar-refractivity contribution < 1.29 is 5.11 Å². The van der Waals surface area contributed by atoms with Crippen molar-refractivity contribution in [1.29, 1.82) is 0 Å². The topological polar surface area (TPSA) is 20.2 Å². The Balaban J connectivity index is 3.23. The van der Waals surface area contributed by atoms with Crippen LogP contribution < -0.4 is 0 Å². The minimum atomic E-state index is 0.485. The van der Waals surface area contributed by atoms with Crippen LogP contribution in [0.5, 0.6) is 5.75 Å². The van der Waals surface area contributed by atoms with Crippen molar-refractivity contribution in [2.75, 3.05) is 0 Å². The van der Waals surface area contributed by atoms with Crippen LogP contribution in [0, 0.1) is 13.8 Å². The van der Waals surface area contributed by atoms with Gasteiger partial charge in [0.1, 0.15) is 5.75 Å². The highest BCUT2D eigenvalue weighted by Gasteiger charge is 2.10. The summed E-state index contributed by atoms with van der Waals surface area (Å²) in [5, 5.41) is 9.91. The third kappa shape index (κ3) is 2.53. The zero-order chi connectivity index (χ0) is 11.4. The summed E-state index contributed by atoms with van der Waals surface area (Å²) < 4.78 is 0. The molecule has 0 aliphatic carbocycles. The SMILES string of the molecule is CCCc1cc(C)c(O)c(C)c1CCC. The van der Waals surface area contributed by atoms with Crippen molar-refractivity contribution in [2.45, 2.75) is 53.4 Å². The molecule has 0 spiro atoms. The maximum atomic E-state index is 9.91. The van der Waals surface area contributed by atoms with Gasteiger partial charge in [0.05, 0.1) is 0 Å². The molecule has 0 amide bonds. The van der Waals surface area contributed by atoms with Crippen molar-refractivity contribution >= 4 is 0 Å². The van der Waals surface area contributed by atoms with Gasteiger partial charge in [-0.1, -0.05) is 32.8 Å². The highest BCUT2D eigenvalue weighted by Crippen LogP contribution is 2.29. The summed E-state index contributed by atoms with van der Waals surface area (Å²) in [6.07, 6.45) is 4.51. The number of benzene rings is 1. The zero-order valence-electron chi connectivity index (χ0n) is 10.4. The molecule has 0 radical (unpaired) electrons. The highest BCUT2D eigenvalue weighted by molar-refractivity contribution is 5.48. The standard InChI is InChI=1S/C14H22O/c1-5-7-12-9-10(3)14(15)11(4)13(12)8-6-2/h9,15H,5-8H2,1-4H3. The van der Waals surface area contributed by atoms with Crippen molar-refractivity contribution in [3.05, 3.63) is 28.3 Å². The first-order chi connectivity index (χ1) is 7.11. The van der Waals surface area contributed by atoms with E-state index in [2.05, 4.69) is 19.9 Å². The summed E-state index contributed by atoms with van der Waals surface area (Å²) in [6, 6.07) is 2.15. The summed E-state index contributed by atoms with van der Waals surface area (Å²) in [6.45, 7) is 8.41. The number of rotatable bonds is 4. The molecule has 84 valence electrons. The molecule has 1 aromatic carbocycles. The molecule has 0 saturated heterocycles. The average Bonchev–Trinajstić information content (AvgIpc) is 2.21. The Morgan fingerprint density at radius 1 is 1.07 bits per heavy atom. The molecule has 0 bridgehead atoms. The number of phenolic OH excluding ortho intramolecular Hbond substituents is 1.